The Balaban J connectivity index is 1.74. The molecule has 4 aromatic rings. The average molecular weight is 432 g/mol. The molecule has 2 aromatic carbocycles. The van der Waals surface area contributed by atoms with Gasteiger partial charge in [-0.3, -0.25) is 14.9 Å². The summed E-state index contributed by atoms with van der Waals surface area (Å²) in [4.78, 5) is 23.5. The molecule has 0 saturated heterocycles. The number of non-ortho nitro benzene ring substituents is 1. The van der Waals surface area contributed by atoms with Crippen LogP contribution in [0, 0.1) is 10.1 Å². The third-order valence-corrected chi connectivity index (χ3v) is 5.11. The minimum atomic E-state index is -0.601. The Labute approximate surface area is 180 Å². The number of H-pyrrole nitrogens is 1. The van der Waals surface area contributed by atoms with Crippen LogP contribution in [0.2, 0.25) is 0 Å². The number of aromatic amines is 1. The Morgan fingerprint density at radius 3 is 2.78 bits per heavy atom. The molecule has 0 amide bonds. The number of rotatable bonds is 5. The minimum Gasteiger partial charge on any atom is -0.494 e. The zero-order chi connectivity index (χ0) is 22.2. The van der Waals surface area contributed by atoms with Crippen LogP contribution in [0.4, 0.5) is 17.3 Å². The predicted octanol–water partition coefficient (Wildman–Crippen LogP) is 2.42. The van der Waals surface area contributed by atoms with Crippen molar-refractivity contribution in [2.75, 3.05) is 11.9 Å². The van der Waals surface area contributed by atoms with Crippen molar-refractivity contribution in [3.8, 4) is 17.0 Å². The van der Waals surface area contributed by atoms with Crippen molar-refractivity contribution in [3.05, 3.63) is 80.1 Å². The third kappa shape index (κ3) is 3.14. The van der Waals surface area contributed by atoms with Crippen LogP contribution in [0.5, 0.6) is 5.75 Å². The molecule has 0 aliphatic carbocycles. The van der Waals surface area contributed by atoms with Crippen LogP contribution in [0.25, 0.3) is 11.3 Å². The monoisotopic (exact) mass is 432 g/mol. The largest absolute Gasteiger partial charge is 0.494 e. The van der Waals surface area contributed by atoms with Crippen molar-refractivity contribution in [3.63, 3.8) is 0 Å². The first-order valence-corrected chi connectivity index (χ1v) is 9.72. The van der Waals surface area contributed by atoms with Gasteiger partial charge in [0.25, 0.3) is 11.2 Å². The molecule has 5 rings (SSSR count). The lowest BCUT2D eigenvalue weighted by molar-refractivity contribution is -0.384. The summed E-state index contributed by atoms with van der Waals surface area (Å²) in [6, 6.07) is 12.8. The van der Waals surface area contributed by atoms with E-state index in [4.69, 9.17) is 4.74 Å². The fourth-order valence-corrected chi connectivity index (χ4v) is 3.75. The molecule has 1 aliphatic rings. The lowest BCUT2D eigenvalue weighted by atomic mass is 9.92. The second-order valence-corrected chi connectivity index (χ2v) is 6.97. The van der Waals surface area contributed by atoms with Gasteiger partial charge in [0.1, 0.15) is 17.5 Å². The van der Waals surface area contributed by atoms with Crippen molar-refractivity contribution >= 4 is 17.3 Å². The van der Waals surface area contributed by atoms with Crippen LogP contribution in [0.15, 0.2) is 53.3 Å². The lowest BCUT2D eigenvalue weighted by Gasteiger charge is -2.27. The molecule has 0 bridgehead atoms. The van der Waals surface area contributed by atoms with E-state index in [1.807, 2.05) is 31.2 Å². The fourth-order valence-electron chi connectivity index (χ4n) is 3.75. The normalized spacial score (nSPS) is 14.2. The van der Waals surface area contributed by atoms with Gasteiger partial charge in [0.15, 0.2) is 0 Å². The van der Waals surface area contributed by atoms with E-state index < -0.39 is 16.5 Å². The molecule has 0 radical (unpaired) electrons. The van der Waals surface area contributed by atoms with Gasteiger partial charge in [0.2, 0.25) is 5.95 Å². The number of nitro groups is 1. The number of benzene rings is 2. The Bertz CT molecular complexity index is 1380. The van der Waals surface area contributed by atoms with Crippen molar-refractivity contribution in [2.24, 2.45) is 0 Å². The molecular formula is C20H16N8O4. The highest BCUT2D eigenvalue weighted by Crippen LogP contribution is 2.41. The van der Waals surface area contributed by atoms with E-state index in [1.165, 1.54) is 12.1 Å². The van der Waals surface area contributed by atoms with Crippen LogP contribution in [-0.2, 0) is 0 Å². The van der Waals surface area contributed by atoms with Gasteiger partial charge in [-0.25, -0.2) is 5.10 Å². The van der Waals surface area contributed by atoms with E-state index in [1.54, 1.807) is 16.8 Å². The summed E-state index contributed by atoms with van der Waals surface area (Å²) in [6.45, 7) is 2.43. The summed E-state index contributed by atoms with van der Waals surface area (Å²) in [5, 5.41) is 32.7. The maximum Gasteiger partial charge on any atom is 0.288 e. The Kier molecular flexibility index (Phi) is 4.58. The molecule has 0 spiro atoms. The minimum absolute atomic E-state index is 0.0891. The first-order chi connectivity index (χ1) is 15.6. The standard InChI is InChI=1S/C20H16N8O4/c1-2-32-14-8-6-11(7-9-14)18-15-16(12-4-3-5-13(10-12)28(30)31)22-23-19(29)17(15)21-20-24-25-26-27(18)20/h3-10,18H,2H2,1H3,(H,23,29)(H,21,24,26)/t18-/m1/s1. The Hall–Kier alpha value is -4.61. The topological polar surface area (TPSA) is 154 Å². The predicted molar refractivity (Wildman–Crippen MR) is 113 cm³/mol. The number of nitrogens with one attached hydrogen (secondary N) is 2. The Morgan fingerprint density at radius 2 is 2.03 bits per heavy atom. The highest BCUT2D eigenvalue weighted by Gasteiger charge is 2.34. The van der Waals surface area contributed by atoms with Crippen molar-refractivity contribution in [1.29, 1.82) is 0 Å². The molecular weight excluding hydrogens is 416 g/mol. The van der Waals surface area contributed by atoms with E-state index in [-0.39, 0.29) is 17.3 Å². The summed E-state index contributed by atoms with van der Waals surface area (Å²) < 4.78 is 7.07. The van der Waals surface area contributed by atoms with Gasteiger partial charge in [-0.1, -0.05) is 29.4 Å². The lowest BCUT2D eigenvalue weighted by Crippen LogP contribution is -2.29. The zero-order valence-electron chi connectivity index (χ0n) is 16.7. The highest BCUT2D eigenvalue weighted by atomic mass is 16.6. The molecule has 0 fully saturated rings. The van der Waals surface area contributed by atoms with Crippen LogP contribution in [0.3, 0.4) is 0 Å². The molecule has 1 atom stereocenters. The molecule has 12 heteroatoms. The van der Waals surface area contributed by atoms with Gasteiger partial charge in [-0.15, -0.1) is 0 Å². The number of ether oxygens (including phenoxy) is 1. The van der Waals surface area contributed by atoms with Crippen molar-refractivity contribution in [1.82, 2.24) is 30.4 Å². The molecule has 1 aliphatic heterocycles. The van der Waals surface area contributed by atoms with Gasteiger partial charge in [-0.05, 0) is 35.0 Å². The van der Waals surface area contributed by atoms with E-state index in [2.05, 4.69) is 31.0 Å². The van der Waals surface area contributed by atoms with Crippen LogP contribution in [-0.4, -0.2) is 41.9 Å². The number of hydrogen-bond acceptors (Lipinski definition) is 9. The first kappa shape index (κ1) is 19.4. The molecule has 12 nitrogen and oxygen atoms in total. The fraction of sp³-hybridized carbons (Fsp3) is 0.150. The van der Waals surface area contributed by atoms with Gasteiger partial charge in [0, 0.05) is 23.3 Å². The molecule has 160 valence electrons. The van der Waals surface area contributed by atoms with E-state index in [0.717, 1.165) is 5.56 Å². The SMILES string of the molecule is CCOc1ccc([C@@H]2c3c(-c4cccc([N+](=O)[O-])c4)n[nH]c(=O)c3Nc3nnnn32)cc1. The van der Waals surface area contributed by atoms with E-state index >= 15 is 0 Å². The molecule has 2 N–H and O–H groups in total. The molecule has 0 saturated carbocycles. The zero-order valence-corrected chi connectivity index (χ0v) is 16.7. The second kappa shape index (κ2) is 7.58. The summed E-state index contributed by atoms with van der Waals surface area (Å²) in [5.41, 5.74) is 1.80. The average Bonchev–Trinajstić information content (AvgIpc) is 3.27. The quantitative estimate of drug-likeness (QED) is 0.315. The number of fused-ring (bicyclic) bond motifs is 2. The summed E-state index contributed by atoms with van der Waals surface area (Å²) in [7, 11) is 0. The summed E-state index contributed by atoms with van der Waals surface area (Å²) in [6.07, 6.45) is 0. The highest BCUT2D eigenvalue weighted by molar-refractivity contribution is 5.76. The number of nitro benzene ring substituents is 1. The molecule has 0 unspecified atom stereocenters. The van der Waals surface area contributed by atoms with Gasteiger partial charge in [-0.2, -0.15) is 9.78 Å². The van der Waals surface area contributed by atoms with E-state index in [9.17, 15) is 14.9 Å². The number of hydrogen-bond donors (Lipinski definition) is 2. The maximum atomic E-state index is 12.7. The molecule has 32 heavy (non-hydrogen) atoms. The van der Waals surface area contributed by atoms with Gasteiger partial charge >= 0.3 is 0 Å². The van der Waals surface area contributed by atoms with Crippen LogP contribution < -0.4 is 15.6 Å². The number of anilines is 2. The number of nitrogens with zero attached hydrogens (tertiary/aromatic N) is 6. The number of aromatic nitrogens is 6. The maximum absolute atomic E-state index is 12.7. The van der Waals surface area contributed by atoms with Crippen molar-refractivity contribution in [2.45, 2.75) is 13.0 Å². The van der Waals surface area contributed by atoms with Gasteiger partial charge < -0.3 is 10.1 Å². The summed E-state index contributed by atoms with van der Waals surface area (Å²) >= 11 is 0. The Morgan fingerprint density at radius 1 is 1.22 bits per heavy atom. The smallest absolute Gasteiger partial charge is 0.288 e. The van der Waals surface area contributed by atoms with Crippen molar-refractivity contribution < 1.29 is 9.66 Å². The number of tetrazole rings is 1. The first-order valence-electron chi connectivity index (χ1n) is 9.72. The summed E-state index contributed by atoms with van der Waals surface area (Å²) in [5.74, 6) is 0.989. The van der Waals surface area contributed by atoms with E-state index in [0.29, 0.717) is 29.2 Å². The molecule has 2 aromatic heterocycles. The van der Waals surface area contributed by atoms with Crippen LogP contribution in [0.1, 0.15) is 24.1 Å². The van der Waals surface area contributed by atoms with Crippen LogP contribution >= 0.6 is 0 Å². The van der Waals surface area contributed by atoms with Gasteiger partial charge in [0.05, 0.1) is 17.2 Å². The molecule has 3 heterocycles. The third-order valence-electron chi connectivity index (χ3n) is 5.11. The second-order valence-electron chi connectivity index (χ2n) is 6.97.